The fourth-order valence-electron chi connectivity index (χ4n) is 3.42. The molecule has 0 aromatic rings. The predicted molar refractivity (Wildman–Crippen MR) is 79.4 cm³/mol. The molecule has 18 heavy (non-hydrogen) atoms. The summed E-state index contributed by atoms with van der Waals surface area (Å²) in [4.78, 5) is 2.76. The van der Waals surface area contributed by atoms with Crippen LogP contribution in [0.4, 0.5) is 0 Å². The molecular weight excluding hydrogens is 242 g/mol. The highest BCUT2D eigenvalue weighted by molar-refractivity contribution is 6.17. The van der Waals surface area contributed by atoms with Crippen LogP contribution in [0.5, 0.6) is 0 Å². The second-order valence-electron chi connectivity index (χ2n) is 5.78. The van der Waals surface area contributed by atoms with E-state index >= 15 is 0 Å². The van der Waals surface area contributed by atoms with Gasteiger partial charge in [-0.05, 0) is 52.0 Å². The van der Waals surface area contributed by atoms with Gasteiger partial charge in [-0.15, -0.1) is 0 Å². The van der Waals surface area contributed by atoms with Gasteiger partial charge < -0.3 is 8.85 Å². The molecule has 2 rings (SSSR count). The van der Waals surface area contributed by atoms with Gasteiger partial charge in [0.2, 0.25) is 0 Å². The molecule has 108 valence electrons. The van der Waals surface area contributed by atoms with Crippen LogP contribution in [-0.2, 0) is 8.85 Å². The Morgan fingerprint density at radius 1 is 1.00 bits per heavy atom. The molecule has 0 spiro atoms. The van der Waals surface area contributed by atoms with E-state index in [4.69, 9.17) is 0 Å². The Labute approximate surface area is 115 Å². The van der Waals surface area contributed by atoms with Crippen molar-refractivity contribution in [3.8, 4) is 0 Å². The number of hydrogen-bond donors (Lipinski definition) is 0. The average Bonchev–Trinajstić information content (AvgIpc) is 2.39. The zero-order valence-electron chi connectivity index (χ0n) is 12.7. The quantitative estimate of drug-likeness (QED) is 0.737. The molecule has 1 heterocycles. The third kappa shape index (κ3) is 5.00. The number of fused-ring (bicyclic) bond motifs is 1. The lowest BCUT2D eigenvalue weighted by Crippen LogP contribution is -2.49. The molecule has 0 N–H and O–H groups in total. The van der Waals surface area contributed by atoms with E-state index < -0.39 is 10.0 Å². The lowest BCUT2D eigenvalue weighted by atomic mass is 9.78. The fourth-order valence-corrected chi connectivity index (χ4v) is 3.66. The minimum atomic E-state index is -0.568. The van der Waals surface area contributed by atoms with Gasteiger partial charge in [0, 0.05) is 26.3 Å². The van der Waals surface area contributed by atoms with E-state index in [1.807, 2.05) is 0 Å². The first kappa shape index (κ1) is 16.2. The van der Waals surface area contributed by atoms with Crippen LogP contribution >= 0.6 is 0 Å². The molecular formula is C14H31NO2Si. The Bertz CT molecular complexity index is 210. The molecule has 2 atom stereocenters. The van der Waals surface area contributed by atoms with E-state index in [0.717, 1.165) is 18.0 Å². The maximum Gasteiger partial charge on any atom is 0.303 e. The Morgan fingerprint density at radius 3 is 2.17 bits per heavy atom. The predicted octanol–water partition coefficient (Wildman–Crippen LogP) is 2.33. The van der Waals surface area contributed by atoms with Crippen molar-refractivity contribution in [2.75, 3.05) is 20.8 Å². The summed E-state index contributed by atoms with van der Waals surface area (Å²) >= 11 is 0. The number of likely N-dealkylation sites (tertiary alicyclic amines) is 1. The number of nitrogens with zero attached hydrogens (tertiary/aromatic N) is 1. The highest BCUT2D eigenvalue weighted by Crippen LogP contribution is 2.35. The minimum Gasteiger partial charge on any atom is -0.402 e. The van der Waals surface area contributed by atoms with Crippen LogP contribution in [-0.4, -0.2) is 47.8 Å². The smallest absolute Gasteiger partial charge is 0.303 e. The summed E-state index contributed by atoms with van der Waals surface area (Å²) < 4.78 is 9.22. The van der Waals surface area contributed by atoms with E-state index in [0.29, 0.717) is 0 Å². The van der Waals surface area contributed by atoms with E-state index in [9.17, 15) is 0 Å². The molecule has 2 unspecified atom stereocenters. The summed E-state index contributed by atoms with van der Waals surface area (Å²) in [5.41, 5.74) is 0. The van der Waals surface area contributed by atoms with Gasteiger partial charge in [-0.3, -0.25) is 4.90 Å². The van der Waals surface area contributed by atoms with Crippen molar-refractivity contribution in [1.82, 2.24) is 4.90 Å². The first-order chi connectivity index (χ1) is 8.70. The van der Waals surface area contributed by atoms with Gasteiger partial charge in [0.25, 0.3) is 0 Å². The van der Waals surface area contributed by atoms with Crippen molar-refractivity contribution in [2.45, 2.75) is 64.5 Å². The van der Waals surface area contributed by atoms with Crippen LogP contribution in [0.1, 0.15) is 52.4 Å². The monoisotopic (exact) mass is 273 g/mol. The van der Waals surface area contributed by atoms with Crippen molar-refractivity contribution in [2.24, 2.45) is 5.92 Å². The molecule has 3 nitrogen and oxygen atoms in total. The van der Waals surface area contributed by atoms with Crippen LogP contribution < -0.4 is 0 Å². The lowest BCUT2D eigenvalue weighted by Gasteiger charge is -2.46. The molecule has 0 bridgehead atoms. The first-order valence-electron chi connectivity index (χ1n) is 7.44. The molecule has 0 amide bonds. The van der Waals surface area contributed by atoms with E-state index in [2.05, 4.69) is 27.6 Å². The first-order valence-corrected chi connectivity index (χ1v) is 8.59. The Balaban J connectivity index is 0.000000280. The molecule has 0 aromatic heterocycles. The minimum absolute atomic E-state index is 0.568. The maximum atomic E-state index is 4.61. The van der Waals surface area contributed by atoms with Gasteiger partial charge in [0.05, 0.1) is 0 Å². The number of piperidine rings is 1. The van der Waals surface area contributed by atoms with Crippen molar-refractivity contribution in [3.63, 3.8) is 0 Å². The molecule has 2 fully saturated rings. The third-order valence-corrected chi connectivity index (χ3v) is 4.66. The van der Waals surface area contributed by atoms with Gasteiger partial charge in [-0.2, -0.15) is 0 Å². The zero-order chi connectivity index (χ0) is 13.4. The summed E-state index contributed by atoms with van der Waals surface area (Å²) in [6, 6.07) is 1.72. The fraction of sp³-hybridized carbons (Fsp3) is 1.00. The highest BCUT2D eigenvalue weighted by Gasteiger charge is 2.33. The van der Waals surface area contributed by atoms with Crippen LogP contribution in [0.15, 0.2) is 0 Å². The number of rotatable bonds is 3. The molecule has 1 saturated carbocycles. The summed E-state index contributed by atoms with van der Waals surface area (Å²) in [5.74, 6) is 1.05. The van der Waals surface area contributed by atoms with E-state index in [1.54, 1.807) is 14.2 Å². The highest BCUT2D eigenvalue weighted by atomic mass is 28.3. The third-order valence-electron chi connectivity index (χ3n) is 4.19. The standard InChI is InChI=1S/C12H23N.C2H8O2Si/c1-10(2)13-9-5-7-11-6-3-4-8-12(11)13;1-3-5-4-2/h10-12H,3-9H2,1-2H3;5H2,1-2H3. The van der Waals surface area contributed by atoms with Crippen molar-refractivity contribution < 1.29 is 8.85 Å². The second kappa shape index (κ2) is 9.07. The summed E-state index contributed by atoms with van der Waals surface area (Å²) in [6.45, 7) is 6.08. The van der Waals surface area contributed by atoms with Gasteiger partial charge in [-0.1, -0.05) is 12.8 Å². The van der Waals surface area contributed by atoms with Crippen molar-refractivity contribution in [3.05, 3.63) is 0 Å². The van der Waals surface area contributed by atoms with E-state index in [-0.39, 0.29) is 0 Å². The van der Waals surface area contributed by atoms with Crippen LogP contribution in [0.3, 0.4) is 0 Å². The summed E-state index contributed by atoms with van der Waals surface area (Å²) in [7, 11) is 2.73. The Kier molecular flexibility index (Phi) is 8.14. The molecule has 1 saturated heterocycles. The SMILES string of the molecule is CC(C)N1CCCC2CCCCC21.CO[SiH2]OC. The lowest BCUT2D eigenvalue weighted by molar-refractivity contribution is 0.0371. The molecule has 4 heteroatoms. The van der Waals surface area contributed by atoms with Crippen LogP contribution in [0.2, 0.25) is 0 Å². The van der Waals surface area contributed by atoms with Crippen molar-refractivity contribution >= 4 is 10.0 Å². The van der Waals surface area contributed by atoms with Gasteiger partial charge >= 0.3 is 10.0 Å². The second-order valence-corrected chi connectivity index (χ2v) is 7.17. The molecule has 1 aliphatic carbocycles. The topological polar surface area (TPSA) is 21.7 Å². The largest absolute Gasteiger partial charge is 0.402 e. The maximum absolute atomic E-state index is 4.61. The van der Waals surface area contributed by atoms with Crippen LogP contribution in [0.25, 0.3) is 0 Å². The van der Waals surface area contributed by atoms with Gasteiger partial charge in [0.15, 0.2) is 0 Å². The van der Waals surface area contributed by atoms with Gasteiger partial charge in [0.1, 0.15) is 0 Å². The molecule has 0 radical (unpaired) electrons. The van der Waals surface area contributed by atoms with Crippen LogP contribution in [0, 0.1) is 5.92 Å². The Morgan fingerprint density at radius 2 is 1.61 bits per heavy atom. The summed E-state index contributed by atoms with van der Waals surface area (Å²) in [5, 5.41) is 0. The summed E-state index contributed by atoms with van der Waals surface area (Å²) in [6.07, 6.45) is 8.90. The number of hydrogen-bond acceptors (Lipinski definition) is 3. The molecule has 2 aliphatic rings. The normalized spacial score (nSPS) is 28.5. The van der Waals surface area contributed by atoms with Crippen molar-refractivity contribution in [1.29, 1.82) is 0 Å². The Hall–Kier alpha value is 0.0969. The molecule has 1 aliphatic heterocycles. The molecule has 0 aromatic carbocycles. The van der Waals surface area contributed by atoms with E-state index in [1.165, 1.54) is 45.1 Å². The van der Waals surface area contributed by atoms with Gasteiger partial charge in [-0.25, -0.2) is 0 Å². The average molecular weight is 273 g/mol. The zero-order valence-corrected chi connectivity index (χ0v) is 14.1.